The molecule has 0 bridgehead atoms. The molecule has 4 aliphatic rings. The SMILES string of the molecule is COC(=O)CC[C@@H](C)[C@H]1CCC2C3C(C)C(C)C4CC(C)CC[C@]4(C)C3CC(C)[C@@]21C. The number of rotatable bonds is 4. The Morgan fingerprint density at radius 2 is 1.68 bits per heavy atom. The first-order valence-electron chi connectivity index (χ1n) is 13.6. The van der Waals surface area contributed by atoms with Crippen LogP contribution in [0.2, 0.25) is 0 Å². The quantitative estimate of drug-likeness (QED) is 0.429. The van der Waals surface area contributed by atoms with Gasteiger partial charge in [0.15, 0.2) is 0 Å². The normalized spacial score (nSPS) is 52.6. The number of methoxy groups -OCH3 is 1. The molecule has 12 atom stereocenters. The molecule has 0 heterocycles. The first kappa shape index (κ1) is 23.6. The lowest BCUT2D eigenvalue weighted by Crippen LogP contribution is -2.60. The minimum absolute atomic E-state index is 0.0384. The predicted molar refractivity (Wildman–Crippen MR) is 128 cm³/mol. The molecule has 4 fully saturated rings. The van der Waals surface area contributed by atoms with Crippen LogP contribution in [0, 0.1) is 70.0 Å². The second-order valence-corrected chi connectivity index (χ2v) is 13.3. The number of esters is 1. The number of fused-ring (bicyclic) bond motifs is 5. The summed E-state index contributed by atoms with van der Waals surface area (Å²) < 4.78 is 4.94. The third kappa shape index (κ3) is 3.52. The van der Waals surface area contributed by atoms with Crippen LogP contribution in [-0.4, -0.2) is 13.1 Å². The van der Waals surface area contributed by atoms with Gasteiger partial charge in [-0.05, 0) is 109 Å². The molecular formula is C29H50O2. The highest BCUT2D eigenvalue weighted by Gasteiger charge is 2.65. The summed E-state index contributed by atoms with van der Waals surface area (Å²) in [5, 5.41) is 0. The number of carbonyl (C=O) groups excluding carboxylic acids is 1. The number of ether oxygens (including phenoxy) is 1. The minimum Gasteiger partial charge on any atom is -0.469 e. The van der Waals surface area contributed by atoms with E-state index in [0.717, 1.165) is 59.7 Å². The van der Waals surface area contributed by atoms with E-state index in [-0.39, 0.29) is 5.97 Å². The Morgan fingerprint density at radius 3 is 2.35 bits per heavy atom. The Balaban J connectivity index is 1.61. The topological polar surface area (TPSA) is 26.3 Å². The van der Waals surface area contributed by atoms with Crippen molar-refractivity contribution in [2.45, 2.75) is 99.8 Å². The molecule has 0 radical (unpaired) electrons. The summed E-state index contributed by atoms with van der Waals surface area (Å²) in [6.45, 7) is 18.1. The molecule has 0 spiro atoms. The number of carbonyl (C=O) groups is 1. The molecule has 2 nitrogen and oxygen atoms in total. The third-order valence-corrected chi connectivity index (χ3v) is 12.3. The average Bonchev–Trinajstić information content (AvgIpc) is 3.10. The van der Waals surface area contributed by atoms with Gasteiger partial charge in [0.25, 0.3) is 0 Å². The fraction of sp³-hybridized carbons (Fsp3) is 0.966. The maximum Gasteiger partial charge on any atom is 0.305 e. The molecule has 0 N–H and O–H groups in total. The van der Waals surface area contributed by atoms with E-state index < -0.39 is 0 Å². The predicted octanol–water partition coefficient (Wildman–Crippen LogP) is 7.61. The summed E-state index contributed by atoms with van der Waals surface area (Å²) in [5.74, 6) is 8.41. The van der Waals surface area contributed by atoms with E-state index in [9.17, 15) is 4.79 Å². The van der Waals surface area contributed by atoms with Crippen molar-refractivity contribution in [1.82, 2.24) is 0 Å². The van der Waals surface area contributed by atoms with E-state index in [1.807, 2.05) is 0 Å². The summed E-state index contributed by atoms with van der Waals surface area (Å²) in [4.78, 5) is 11.8. The molecule has 4 aliphatic carbocycles. The van der Waals surface area contributed by atoms with Crippen LogP contribution in [0.1, 0.15) is 99.8 Å². The lowest BCUT2D eigenvalue weighted by molar-refractivity contribution is -0.183. The van der Waals surface area contributed by atoms with Crippen LogP contribution >= 0.6 is 0 Å². The fourth-order valence-corrected chi connectivity index (χ4v) is 10.2. The molecule has 0 saturated heterocycles. The van der Waals surface area contributed by atoms with Crippen LogP contribution < -0.4 is 0 Å². The van der Waals surface area contributed by atoms with E-state index in [1.165, 1.54) is 45.6 Å². The summed E-state index contributed by atoms with van der Waals surface area (Å²) in [6, 6.07) is 0. The Hall–Kier alpha value is -0.530. The standard InChI is InChI=1S/C29H50O2/c1-17-13-14-28(6)24(15-17)20(4)21(5)27-23-11-10-22(18(2)9-12-26(30)31-8)29(23,7)19(3)16-25(27)28/h17-25,27H,9-16H2,1-8H3/t17?,18-,19?,20?,21?,22-,23?,24?,25?,27?,28+,29-/m1/s1. The van der Waals surface area contributed by atoms with Gasteiger partial charge in [-0.2, -0.15) is 0 Å². The highest BCUT2D eigenvalue weighted by Crippen LogP contribution is 2.72. The molecule has 8 unspecified atom stereocenters. The van der Waals surface area contributed by atoms with E-state index >= 15 is 0 Å². The second kappa shape index (κ2) is 8.35. The fourth-order valence-electron chi connectivity index (χ4n) is 10.2. The lowest BCUT2D eigenvalue weighted by Gasteiger charge is -2.66. The Morgan fingerprint density at radius 1 is 0.968 bits per heavy atom. The maximum absolute atomic E-state index is 11.8. The maximum atomic E-state index is 11.8. The zero-order valence-corrected chi connectivity index (χ0v) is 21.7. The molecule has 0 amide bonds. The van der Waals surface area contributed by atoms with Crippen LogP contribution in [0.3, 0.4) is 0 Å². The zero-order chi connectivity index (χ0) is 22.7. The molecular weight excluding hydrogens is 380 g/mol. The van der Waals surface area contributed by atoms with Crippen LogP contribution in [0.25, 0.3) is 0 Å². The van der Waals surface area contributed by atoms with Gasteiger partial charge in [0.05, 0.1) is 7.11 Å². The molecule has 178 valence electrons. The van der Waals surface area contributed by atoms with Gasteiger partial charge in [0.1, 0.15) is 0 Å². The van der Waals surface area contributed by atoms with Crippen LogP contribution in [0.15, 0.2) is 0 Å². The monoisotopic (exact) mass is 430 g/mol. The molecule has 2 heteroatoms. The van der Waals surface area contributed by atoms with Gasteiger partial charge < -0.3 is 4.74 Å². The highest BCUT2D eigenvalue weighted by molar-refractivity contribution is 5.69. The highest BCUT2D eigenvalue weighted by atomic mass is 16.5. The van der Waals surface area contributed by atoms with E-state index in [4.69, 9.17) is 4.74 Å². The van der Waals surface area contributed by atoms with Crippen molar-refractivity contribution in [3.8, 4) is 0 Å². The second-order valence-electron chi connectivity index (χ2n) is 13.3. The molecule has 0 aromatic heterocycles. The van der Waals surface area contributed by atoms with Gasteiger partial charge in [-0.3, -0.25) is 4.79 Å². The Kier molecular flexibility index (Phi) is 6.37. The molecule has 0 aliphatic heterocycles. The van der Waals surface area contributed by atoms with Gasteiger partial charge in [-0.25, -0.2) is 0 Å². The van der Waals surface area contributed by atoms with Gasteiger partial charge in [0, 0.05) is 6.42 Å². The third-order valence-electron chi connectivity index (χ3n) is 12.3. The van der Waals surface area contributed by atoms with Crippen LogP contribution in [0.4, 0.5) is 0 Å². The largest absolute Gasteiger partial charge is 0.469 e. The van der Waals surface area contributed by atoms with Crippen molar-refractivity contribution in [2.75, 3.05) is 7.11 Å². The first-order valence-corrected chi connectivity index (χ1v) is 13.6. The smallest absolute Gasteiger partial charge is 0.305 e. The molecule has 0 aromatic rings. The van der Waals surface area contributed by atoms with Gasteiger partial charge in [-0.15, -0.1) is 0 Å². The van der Waals surface area contributed by atoms with Crippen molar-refractivity contribution in [3.05, 3.63) is 0 Å². The average molecular weight is 431 g/mol. The van der Waals surface area contributed by atoms with Crippen molar-refractivity contribution in [1.29, 1.82) is 0 Å². The first-order chi connectivity index (χ1) is 14.6. The molecule has 31 heavy (non-hydrogen) atoms. The summed E-state index contributed by atoms with van der Waals surface area (Å²) >= 11 is 0. The van der Waals surface area contributed by atoms with E-state index in [1.54, 1.807) is 0 Å². The van der Waals surface area contributed by atoms with E-state index in [2.05, 4.69) is 48.5 Å². The van der Waals surface area contributed by atoms with Crippen LogP contribution in [-0.2, 0) is 9.53 Å². The lowest BCUT2D eigenvalue weighted by atomic mass is 9.38. The van der Waals surface area contributed by atoms with Crippen molar-refractivity contribution in [3.63, 3.8) is 0 Å². The molecule has 4 rings (SSSR count). The van der Waals surface area contributed by atoms with Gasteiger partial charge >= 0.3 is 5.97 Å². The molecule has 4 saturated carbocycles. The minimum atomic E-state index is -0.0384. The zero-order valence-electron chi connectivity index (χ0n) is 21.7. The Labute approximate surface area is 192 Å². The van der Waals surface area contributed by atoms with Crippen molar-refractivity contribution >= 4 is 5.97 Å². The number of hydrogen-bond acceptors (Lipinski definition) is 2. The molecule has 0 aromatic carbocycles. The summed E-state index contributed by atoms with van der Waals surface area (Å²) in [5.41, 5.74) is 1.00. The van der Waals surface area contributed by atoms with E-state index in [0.29, 0.717) is 23.2 Å². The number of hydrogen-bond donors (Lipinski definition) is 0. The van der Waals surface area contributed by atoms with Gasteiger partial charge in [0.2, 0.25) is 0 Å². The Bertz CT molecular complexity index is 672. The van der Waals surface area contributed by atoms with Crippen molar-refractivity contribution in [2.24, 2.45) is 70.0 Å². The van der Waals surface area contributed by atoms with Gasteiger partial charge in [-0.1, -0.05) is 54.9 Å². The van der Waals surface area contributed by atoms with Crippen LogP contribution in [0.5, 0.6) is 0 Å². The summed E-state index contributed by atoms with van der Waals surface area (Å²) in [7, 11) is 1.52. The van der Waals surface area contributed by atoms with Crippen molar-refractivity contribution < 1.29 is 9.53 Å². The summed E-state index contributed by atoms with van der Waals surface area (Å²) in [6.07, 6.45) is 10.2.